The van der Waals surface area contributed by atoms with Gasteiger partial charge < -0.3 is 15.3 Å². The number of nitrogens with zero attached hydrogens (tertiary/aromatic N) is 1. The van der Waals surface area contributed by atoms with E-state index in [1.54, 1.807) is 0 Å². The van der Waals surface area contributed by atoms with Crippen molar-refractivity contribution in [1.82, 2.24) is 10.2 Å². The van der Waals surface area contributed by atoms with Gasteiger partial charge in [-0.1, -0.05) is 19.8 Å². The molecule has 1 saturated heterocycles. The van der Waals surface area contributed by atoms with E-state index in [0.717, 1.165) is 19.4 Å². The van der Waals surface area contributed by atoms with Gasteiger partial charge in [-0.2, -0.15) is 0 Å². The number of hydrogen-bond acceptors (Lipinski definition) is 3. The number of likely N-dealkylation sites (tertiary alicyclic amines) is 1. The van der Waals surface area contributed by atoms with Crippen molar-refractivity contribution >= 4 is 0 Å². The molecule has 2 aliphatic rings. The summed E-state index contributed by atoms with van der Waals surface area (Å²) in [6, 6.07) is 1.26. The van der Waals surface area contributed by atoms with E-state index in [-0.39, 0.29) is 0 Å². The van der Waals surface area contributed by atoms with Gasteiger partial charge in [-0.3, -0.25) is 0 Å². The molecule has 118 valence electrons. The summed E-state index contributed by atoms with van der Waals surface area (Å²) >= 11 is 0. The Morgan fingerprint density at radius 1 is 1.20 bits per heavy atom. The molecule has 0 aromatic carbocycles. The van der Waals surface area contributed by atoms with Crippen molar-refractivity contribution in [2.24, 2.45) is 5.92 Å². The fourth-order valence-corrected chi connectivity index (χ4v) is 3.97. The van der Waals surface area contributed by atoms with E-state index in [4.69, 9.17) is 0 Å². The maximum Gasteiger partial charge on any atom is 0.0774 e. The third kappa shape index (κ3) is 4.71. The molecule has 3 heteroatoms. The van der Waals surface area contributed by atoms with Crippen LogP contribution in [0.1, 0.15) is 65.7 Å². The zero-order chi connectivity index (χ0) is 14.6. The topological polar surface area (TPSA) is 35.5 Å². The fraction of sp³-hybridized carbons (Fsp3) is 1.00. The van der Waals surface area contributed by atoms with E-state index in [9.17, 15) is 5.11 Å². The largest absolute Gasteiger partial charge is 0.389 e. The lowest BCUT2D eigenvalue weighted by Gasteiger charge is -2.37. The van der Waals surface area contributed by atoms with Crippen LogP contribution in [0, 0.1) is 5.92 Å². The Hall–Kier alpha value is -0.120. The molecule has 1 heterocycles. The van der Waals surface area contributed by atoms with Crippen molar-refractivity contribution in [3.63, 3.8) is 0 Å². The molecule has 2 N–H and O–H groups in total. The summed E-state index contributed by atoms with van der Waals surface area (Å²) in [5.74, 6) is 0.682. The second-order valence-corrected chi connectivity index (χ2v) is 7.56. The first kappa shape index (κ1) is 16.3. The lowest BCUT2D eigenvalue weighted by molar-refractivity contribution is -0.0140. The second-order valence-electron chi connectivity index (χ2n) is 7.56. The van der Waals surface area contributed by atoms with Crippen molar-refractivity contribution in [1.29, 1.82) is 0 Å². The van der Waals surface area contributed by atoms with Gasteiger partial charge in [-0.15, -0.1) is 0 Å². The van der Waals surface area contributed by atoms with Crippen LogP contribution in [0.4, 0.5) is 0 Å². The van der Waals surface area contributed by atoms with E-state index in [2.05, 4.69) is 31.0 Å². The molecule has 1 aliphatic heterocycles. The van der Waals surface area contributed by atoms with Gasteiger partial charge in [0.15, 0.2) is 0 Å². The van der Waals surface area contributed by atoms with E-state index >= 15 is 0 Å². The van der Waals surface area contributed by atoms with Crippen LogP contribution >= 0.6 is 0 Å². The zero-order valence-corrected chi connectivity index (χ0v) is 13.7. The van der Waals surface area contributed by atoms with E-state index in [0.29, 0.717) is 18.0 Å². The summed E-state index contributed by atoms with van der Waals surface area (Å²) in [5, 5.41) is 14.4. The Kier molecular flexibility index (Phi) is 5.88. The maximum absolute atomic E-state index is 10.7. The standard InChI is InChI=1S/C17H34N2O/c1-14(2)19-10-5-7-16(8-11-19)18-13-17(20)9-4-6-15(3)12-17/h14-16,18,20H,4-13H2,1-3H3. The highest BCUT2D eigenvalue weighted by molar-refractivity contribution is 4.88. The lowest BCUT2D eigenvalue weighted by atomic mass is 9.79. The van der Waals surface area contributed by atoms with Crippen LogP contribution in [0.5, 0.6) is 0 Å². The molecular formula is C17H34N2O. The van der Waals surface area contributed by atoms with Crippen LogP contribution in [0.15, 0.2) is 0 Å². The predicted octanol–water partition coefficient (Wildman–Crippen LogP) is 2.78. The minimum atomic E-state index is -0.443. The number of aliphatic hydroxyl groups is 1. The van der Waals surface area contributed by atoms with Crippen LogP contribution < -0.4 is 5.32 Å². The first-order valence-corrected chi connectivity index (χ1v) is 8.68. The van der Waals surface area contributed by atoms with Crippen molar-refractivity contribution in [2.45, 2.75) is 83.4 Å². The summed E-state index contributed by atoms with van der Waals surface area (Å²) in [5.41, 5.74) is -0.443. The SMILES string of the molecule is CC1CCCC(O)(CNC2CCCN(C(C)C)CC2)C1. The molecule has 3 atom stereocenters. The van der Waals surface area contributed by atoms with Crippen LogP contribution in [-0.2, 0) is 0 Å². The van der Waals surface area contributed by atoms with Crippen LogP contribution in [-0.4, -0.2) is 47.3 Å². The zero-order valence-electron chi connectivity index (χ0n) is 13.7. The molecule has 2 fully saturated rings. The Labute approximate surface area is 125 Å². The molecule has 0 spiro atoms. The molecular weight excluding hydrogens is 248 g/mol. The molecule has 2 rings (SSSR count). The van der Waals surface area contributed by atoms with Crippen molar-refractivity contribution < 1.29 is 5.11 Å². The van der Waals surface area contributed by atoms with Gasteiger partial charge in [0.1, 0.15) is 0 Å². The van der Waals surface area contributed by atoms with Gasteiger partial charge in [0, 0.05) is 18.6 Å². The quantitative estimate of drug-likeness (QED) is 0.832. The highest BCUT2D eigenvalue weighted by atomic mass is 16.3. The van der Waals surface area contributed by atoms with E-state index in [1.807, 2.05) is 0 Å². The van der Waals surface area contributed by atoms with Gasteiger partial charge in [0.05, 0.1) is 5.60 Å². The first-order chi connectivity index (χ1) is 9.48. The summed E-state index contributed by atoms with van der Waals surface area (Å²) in [6.07, 6.45) is 8.20. The van der Waals surface area contributed by atoms with Crippen molar-refractivity contribution in [3.05, 3.63) is 0 Å². The fourth-order valence-electron chi connectivity index (χ4n) is 3.97. The summed E-state index contributed by atoms with van der Waals surface area (Å²) in [7, 11) is 0. The molecule has 3 unspecified atom stereocenters. The minimum absolute atomic E-state index is 0.443. The Bertz CT molecular complexity index is 295. The second kappa shape index (κ2) is 7.24. The van der Waals surface area contributed by atoms with Gasteiger partial charge in [0.25, 0.3) is 0 Å². The Balaban J connectivity index is 1.76. The van der Waals surface area contributed by atoms with Gasteiger partial charge >= 0.3 is 0 Å². The highest BCUT2D eigenvalue weighted by Crippen LogP contribution is 2.31. The smallest absolute Gasteiger partial charge is 0.0774 e. The maximum atomic E-state index is 10.7. The highest BCUT2D eigenvalue weighted by Gasteiger charge is 2.33. The molecule has 0 aromatic heterocycles. The third-order valence-electron chi connectivity index (χ3n) is 5.28. The van der Waals surface area contributed by atoms with Gasteiger partial charge in [-0.05, 0) is 65.0 Å². The Morgan fingerprint density at radius 3 is 2.70 bits per heavy atom. The van der Waals surface area contributed by atoms with Gasteiger partial charge in [-0.25, -0.2) is 0 Å². The van der Waals surface area contributed by atoms with E-state index < -0.39 is 5.60 Å². The van der Waals surface area contributed by atoms with Crippen molar-refractivity contribution in [3.8, 4) is 0 Å². The summed E-state index contributed by atoms with van der Waals surface area (Å²) < 4.78 is 0. The van der Waals surface area contributed by atoms with Crippen LogP contribution in [0.3, 0.4) is 0 Å². The van der Waals surface area contributed by atoms with Crippen molar-refractivity contribution in [2.75, 3.05) is 19.6 Å². The molecule has 3 nitrogen and oxygen atoms in total. The summed E-state index contributed by atoms with van der Waals surface area (Å²) in [4.78, 5) is 2.58. The lowest BCUT2D eigenvalue weighted by Crippen LogP contribution is -2.47. The molecule has 20 heavy (non-hydrogen) atoms. The predicted molar refractivity (Wildman–Crippen MR) is 84.9 cm³/mol. The first-order valence-electron chi connectivity index (χ1n) is 8.68. The molecule has 0 aromatic rings. The molecule has 0 bridgehead atoms. The van der Waals surface area contributed by atoms with Gasteiger partial charge in [0.2, 0.25) is 0 Å². The normalized spacial score (nSPS) is 37.0. The Morgan fingerprint density at radius 2 is 2.00 bits per heavy atom. The van der Waals surface area contributed by atoms with Crippen LogP contribution in [0.2, 0.25) is 0 Å². The number of hydrogen-bond donors (Lipinski definition) is 2. The number of nitrogens with one attached hydrogen (secondary N) is 1. The molecule has 0 radical (unpaired) electrons. The minimum Gasteiger partial charge on any atom is -0.389 e. The molecule has 1 saturated carbocycles. The number of rotatable bonds is 4. The monoisotopic (exact) mass is 282 g/mol. The average molecular weight is 282 g/mol. The molecule has 0 amide bonds. The summed E-state index contributed by atoms with van der Waals surface area (Å²) in [6.45, 7) is 10.1. The van der Waals surface area contributed by atoms with Crippen LogP contribution in [0.25, 0.3) is 0 Å². The molecule has 1 aliphatic carbocycles. The van der Waals surface area contributed by atoms with E-state index in [1.165, 1.54) is 45.2 Å². The third-order valence-corrected chi connectivity index (χ3v) is 5.28. The average Bonchev–Trinajstić information content (AvgIpc) is 2.61.